The number of rotatable bonds is 7. The lowest BCUT2D eigenvalue weighted by atomic mass is 9.99. The Labute approximate surface area is 132 Å². The fraction of sp³-hybridized carbons (Fsp3) is 0.333. The molecule has 4 nitrogen and oxygen atoms in total. The molecule has 0 amide bonds. The van der Waals surface area contributed by atoms with Crippen LogP contribution >= 0.6 is 0 Å². The number of nitrogens with two attached hydrogens (primary N) is 1. The molecule has 120 valence electrons. The molecule has 0 radical (unpaired) electrons. The first-order chi connectivity index (χ1) is 10.8. The summed E-state index contributed by atoms with van der Waals surface area (Å²) in [5, 5.41) is 18.3. The van der Waals surface area contributed by atoms with Gasteiger partial charge in [-0.1, -0.05) is 42.5 Å². The molecule has 0 aliphatic carbocycles. The third kappa shape index (κ3) is 5.48. The van der Waals surface area contributed by atoms with Gasteiger partial charge in [0.2, 0.25) is 0 Å². The van der Waals surface area contributed by atoms with Crippen LogP contribution in [-0.2, 0) is 13.0 Å². The van der Waals surface area contributed by atoms with Crippen molar-refractivity contribution < 1.29 is 14.9 Å². The lowest BCUT2D eigenvalue weighted by Gasteiger charge is -2.14. The standard InChI is InChI=1S/C17H20O3.CH5N/c18-10-5-11-20-17-9-4-8-15(13-19)16(17)12-14-6-2-1-3-7-14;1-2/h1-4,6-9,18-19H,5,10-13H2;2H2,1H3. The molecule has 0 aromatic heterocycles. The van der Waals surface area contributed by atoms with Gasteiger partial charge in [0.05, 0.1) is 13.2 Å². The molecule has 0 aliphatic heterocycles. The van der Waals surface area contributed by atoms with E-state index in [0.29, 0.717) is 13.0 Å². The average Bonchev–Trinajstić information content (AvgIpc) is 2.59. The SMILES string of the molecule is CN.OCCCOc1cccc(CO)c1Cc1ccccc1. The molecule has 0 heterocycles. The minimum Gasteiger partial charge on any atom is -0.493 e. The van der Waals surface area contributed by atoms with E-state index in [-0.39, 0.29) is 13.2 Å². The van der Waals surface area contributed by atoms with E-state index in [2.05, 4.69) is 17.9 Å². The molecular formula is C18H25NO3. The molecule has 0 aliphatic rings. The summed E-state index contributed by atoms with van der Waals surface area (Å²) in [5.41, 5.74) is 7.58. The summed E-state index contributed by atoms with van der Waals surface area (Å²) in [6.45, 7) is 0.597. The fourth-order valence-corrected chi connectivity index (χ4v) is 2.14. The van der Waals surface area contributed by atoms with Crippen LogP contribution in [0.2, 0.25) is 0 Å². The summed E-state index contributed by atoms with van der Waals surface area (Å²) in [4.78, 5) is 0. The molecule has 0 atom stereocenters. The molecule has 4 N–H and O–H groups in total. The summed E-state index contributed by atoms with van der Waals surface area (Å²) in [6.07, 6.45) is 1.33. The van der Waals surface area contributed by atoms with Crippen molar-refractivity contribution in [3.05, 3.63) is 65.2 Å². The van der Waals surface area contributed by atoms with Crippen molar-refractivity contribution in [1.29, 1.82) is 0 Å². The molecule has 2 aromatic carbocycles. The van der Waals surface area contributed by atoms with Crippen molar-refractivity contribution in [2.45, 2.75) is 19.4 Å². The Hall–Kier alpha value is -1.88. The topological polar surface area (TPSA) is 75.7 Å². The second kappa shape index (κ2) is 10.8. The predicted molar refractivity (Wildman–Crippen MR) is 88.9 cm³/mol. The van der Waals surface area contributed by atoms with Crippen LogP contribution in [0.1, 0.15) is 23.1 Å². The number of hydrogen-bond donors (Lipinski definition) is 3. The number of benzene rings is 2. The number of aliphatic hydroxyl groups is 2. The van der Waals surface area contributed by atoms with Gasteiger partial charge >= 0.3 is 0 Å². The van der Waals surface area contributed by atoms with Gasteiger partial charge in [-0.15, -0.1) is 0 Å². The van der Waals surface area contributed by atoms with E-state index in [1.165, 1.54) is 12.6 Å². The van der Waals surface area contributed by atoms with E-state index >= 15 is 0 Å². The van der Waals surface area contributed by atoms with Crippen LogP contribution in [0.5, 0.6) is 5.75 Å². The van der Waals surface area contributed by atoms with Crippen molar-refractivity contribution in [3.8, 4) is 5.75 Å². The molecule has 0 saturated heterocycles. The van der Waals surface area contributed by atoms with E-state index in [4.69, 9.17) is 9.84 Å². The summed E-state index contributed by atoms with van der Waals surface area (Å²) in [6, 6.07) is 15.8. The Balaban J connectivity index is 0.00000116. The van der Waals surface area contributed by atoms with Crippen molar-refractivity contribution in [3.63, 3.8) is 0 Å². The van der Waals surface area contributed by atoms with Gasteiger partial charge in [0.15, 0.2) is 0 Å². The second-order valence-corrected chi connectivity index (χ2v) is 4.64. The minimum atomic E-state index is -0.000628. The lowest BCUT2D eigenvalue weighted by molar-refractivity contribution is 0.231. The minimum absolute atomic E-state index is 0.000628. The molecule has 0 bridgehead atoms. The number of ether oxygens (including phenoxy) is 1. The van der Waals surface area contributed by atoms with Crippen molar-refractivity contribution in [2.75, 3.05) is 20.3 Å². The van der Waals surface area contributed by atoms with Crippen LogP contribution in [0.4, 0.5) is 0 Å². The monoisotopic (exact) mass is 303 g/mol. The molecule has 0 spiro atoms. The van der Waals surface area contributed by atoms with Crippen LogP contribution in [0.25, 0.3) is 0 Å². The van der Waals surface area contributed by atoms with Gasteiger partial charge in [-0.3, -0.25) is 0 Å². The number of aliphatic hydroxyl groups excluding tert-OH is 2. The van der Waals surface area contributed by atoms with Gasteiger partial charge in [0, 0.05) is 25.0 Å². The smallest absolute Gasteiger partial charge is 0.123 e. The average molecular weight is 303 g/mol. The van der Waals surface area contributed by atoms with Gasteiger partial charge in [0.25, 0.3) is 0 Å². The Morgan fingerprint density at radius 3 is 2.32 bits per heavy atom. The zero-order chi connectivity index (χ0) is 16.2. The highest BCUT2D eigenvalue weighted by atomic mass is 16.5. The van der Waals surface area contributed by atoms with E-state index in [9.17, 15) is 5.11 Å². The Morgan fingerprint density at radius 1 is 0.955 bits per heavy atom. The quantitative estimate of drug-likeness (QED) is 0.685. The van der Waals surface area contributed by atoms with E-state index in [1.807, 2.05) is 36.4 Å². The van der Waals surface area contributed by atoms with Crippen LogP contribution in [-0.4, -0.2) is 30.5 Å². The molecule has 2 aromatic rings. The maximum absolute atomic E-state index is 9.50. The highest BCUT2D eigenvalue weighted by molar-refractivity contribution is 5.43. The Bertz CT molecular complexity index is 529. The molecule has 22 heavy (non-hydrogen) atoms. The van der Waals surface area contributed by atoms with E-state index < -0.39 is 0 Å². The third-order valence-electron chi connectivity index (χ3n) is 3.18. The summed E-state index contributed by atoms with van der Waals surface area (Å²) in [5.74, 6) is 0.786. The molecule has 0 saturated carbocycles. The van der Waals surface area contributed by atoms with Crippen LogP contribution in [0.3, 0.4) is 0 Å². The fourth-order valence-electron chi connectivity index (χ4n) is 2.14. The van der Waals surface area contributed by atoms with Gasteiger partial charge in [0.1, 0.15) is 5.75 Å². The van der Waals surface area contributed by atoms with E-state index in [1.54, 1.807) is 0 Å². The largest absolute Gasteiger partial charge is 0.493 e. The highest BCUT2D eigenvalue weighted by Gasteiger charge is 2.10. The van der Waals surface area contributed by atoms with Crippen LogP contribution in [0.15, 0.2) is 48.5 Å². The van der Waals surface area contributed by atoms with Crippen LogP contribution in [0, 0.1) is 0 Å². The normalized spacial score (nSPS) is 9.82. The molecule has 0 unspecified atom stereocenters. The Kier molecular flexibility index (Phi) is 8.91. The molecule has 4 heteroatoms. The Morgan fingerprint density at radius 2 is 1.68 bits per heavy atom. The first-order valence-corrected chi connectivity index (χ1v) is 7.42. The number of hydrogen-bond acceptors (Lipinski definition) is 4. The van der Waals surface area contributed by atoms with Crippen LogP contribution < -0.4 is 10.5 Å². The van der Waals surface area contributed by atoms with Crippen molar-refractivity contribution >= 4 is 0 Å². The van der Waals surface area contributed by atoms with Gasteiger partial charge in [-0.05, 0) is 24.2 Å². The zero-order valence-electron chi connectivity index (χ0n) is 13.0. The molecule has 0 fully saturated rings. The van der Waals surface area contributed by atoms with Crippen molar-refractivity contribution in [2.24, 2.45) is 5.73 Å². The summed E-state index contributed by atoms with van der Waals surface area (Å²) in [7, 11) is 1.50. The molecule has 2 rings (SSSR count). The van der Waals surface area contributed by atoms with Gasteiger partial charge in [-0.25, -0.2) is 0 Å². The van der Waals surface area contributed by atoms with Gasteiger partial charge < -0.3 is 20.7 Å². The summed E-state index contributed by atoms with van der Waals surface area (Å²) < 4.78 is 5.72. The zero-order valence-corrected chi connectivity index (χ0v) is 13.0. The maximum atomic E-state index is 9.50. The lowest BCUT2D eigenvalue weighted by Crippen LogP contribution is -2.05. The second-order valence-electron chi connectivity index (χ2n) is 4.64. The third-order valence-corrected chi connectivity index (χ3v) is 3.18. The first kappa shape index (κ1) is 18.2. The van der Waals surface area contributed by atoms with Crippen molar-refractivity contribution in [1.82, 2.24) is 0 Å². The molecular weight excluding hydrogens is 278 g/mol. The first-order valence-electron chi connectivity index (χ1n) is 7.42. The predicted octanol–water partition coefficient (Wildman–Crippen LogP) is 2.11. The van der Waals surface area contributed by atoms with E-state index in [0.717, 1.165) is 23.3 Å². The highest BCUT2D eigenvalue weighted by Crippen LogP contribution is 2.26. The van der Waals surface area contributed by atoms with Gasteiger partial charge in [-0.2, -0.15) is 0 Å². The maximum Gasteiger partial charge on any atom is 0.123 e. The summed E-state index contributed by atoms with van der Waals surface area (Å²) >= 11 is 0.